The standard InChI is InChI=1S/C17H24N2O/c1-17(10-5-11-19-17)12-18-16(20)15-9-4-7-13-6-2-3-8-14(13)15/h2-3,6,8,15,19H,4-5,7,9-12H2,1H3,(H,18,20). The lowest BCUT2D eigenvalue weighted by Gasteiger charge is -2.28. The van der Waals surface area contributed by atoms with Gasteiger partial charge >= 0.3 is 0 Å². The molecular formula is C17H24N2O. The average molecular weight is 272 g/mol. The highest BCUT2D eigenvalue weighted by Gasteiger charge is 2.31. The quantitative estimate of drug-likeness (QED) is 0.887. The highest BCUT2D eigenvalue weighted by Crippen LogP contribution is 2.31. The molecule has 1 amide bonds. The molecule has 2 atom stereocenters. The van der Waals surface area contributed by atoms with Crippen molar-refractivity contribution in [2.45, 2.75) is 50.5 Å². The van der Waals surface area contributed by atoms with Gasteiger partial charge in [0.15, 0.2) is 0 Å². The van der Waals surface area contributed by atoms with Crippen molar-refractivity contribution in [1.29, 1.82) is 0 Å². The van der Waals surface area contributed by atoms with Gasteiger partial charge in [-0.05, 0) is 56.7 Å². The lowest BCUT2D eigenvalue weighted by molar-refractivity contribution is -0.123. The normalized spacial score (nSPS) is 28.9. The summed E-state index contributed by atoms with van der Waals surface area (Å²) in [6, 6.07) is 8.40. The second-order valence-electron chi connectivity index (χ2n) is 6.45. The maximum atomic E-state index is 12.5. The monoisotopic (exact) mass is 272 g/mol. The van der Waals surface area contributed by atoms with Crippen molar-refractivity contribution in [2.24, 2.45) is 0 Å². The van der Waals surface area contributed by atoms with E-state index in [-0.39, 0.29) is 17.4 Å². The summed E-state index contributed by atoms with van der Waals surface area (Å²) in [7, 11) is 0. The van der Waals surface area contributed by atoms with Crippen molar-refractivity contribution in [3.8, 4) is 0 Å². The molecule has 2 N–H and O–H groups in total. The van der Waals surface area contributed by atoms with Gasteiger partial charge in [-0.1, -0.05) is 24.3 Å². The van der Waals surface area contributed by atoms with Gasteiger partial charge in [0.25, 0.3) is 0 Å². The molecule has 3 heteroatoms. The van der Waals surface area contributed by atoms with Crippen molar-refractivity contribution in [3.05, 3.63) is 35.4 Å². The Kier molecular flexibility index (Phi) is 3.79. The molecule has 0 spiro atoms. The minimum Gasteiger partial charge on any atom is -0.354 e. The Morgan fingerprint density at radius 3 is 3.05 bits per heavy atom. The SMILES string of the molecule is CC1(CNC(=O)C2CCCc3ccccc32)CCCN1. The van der Waals surface area contributed by atoms with Gasteiger partial charge in [-0.25, -0.2) is 0 Å². The molecule has 1 heterocycles. The third kappa shape index (κ3) is 2.73. The largest absolute Gasteiger partial charge is 0.354 e. The molecule has 2 aliphatic rings. The second kappa shape index (κ2) is 5.57. The van der Waals surface area contributed by atoms with E-state index in [0.29, 0.717) is 0 Å². The Hall–Kier alpha value is -1.35. The van der Waals surface area contributed by atoms with E-state index >= 15 is 0 Å². The molecule has 0 radical (unpaired) electrons. The van der Waals surface area contributed by atoms with E-state index in [1.807, 2.05) is 6.07 Å². The molecule has 0 saturated carbocycles. The summed E-state index contributed by atoms with van der Waals surface area (Å²) in [5.74, 6) is 0.247. The molecule has 3 rings (SSSR count). The summed E-state index contributed by atoms with van der Waals surface area (Å²) in [6.45, 7) is 4.01. The molecule has 3 nitrogen and oxygen atoms in total. The molecule has 1 saturated heterocycles. The first kappa shape index (κ1) is 13.6. The third-order valence-corrected chi connectivity index (χ3v) is 4.80. The van der Waals surface area contributed by atoms with E-state index in [2.05, 4.69) is 35.8 Å². The summed E-state index contributed by atoms with van der Waals surface area (Å²) >= 11 is 0. The average Bonchev–Trinajstić information content (AvgIpc) is 2.91. The lowest BCUT2D eigenvalue weighted by Crippen LogP contribution is -2.48. The summed E-state index contributed by atoms with van der Waals surface area (Å²) in [5.41, 5.74) is 2.68. The Morgan fingerprint density at radius 2 is 2.25 bits per heavy atom. The van der Waals surface area contributed by atoms with E-state index in [0.717, 1.165) is 38.8 Å². The minimum absolute atomic E-state index is 0.0463. The van der Waals surface area contributed by atoms with Crippen molar-refractivity contribution in [1.82, 2.24) is 10.6 Å². The van der Waals surface area contributed by atoms with Crippen LogP contribution < -0.4 is 10.6 Å². The summed E-state index contributed by atoms with van der Waals surface area (Å²) in [5, 5.41) is 6.67. The molecule has 0 bridgehead atoms. The van der Waals surface area contributed by atoms with Crippen LogP contribution in [0.15, 0.2) is 24.3 Å². The van der Waals surface area contributed by atoms with Crippen LogP contribution in [-0.4, -0.2) is 24.5 Å². The number of fused-ring (bicyclic) bond motifs is 1. The van der Waals surface area contributed by atoms with Crippen LogP contribution in [0.4, 0.5) is 0 Å². The van der Waals surface area contributed by atoms with Crippen LogP contribution in [0.2, 0.25) is 0 Å². The number of benzene rings is 1. The van der Waals surface area contributed by atoms with Gasteiger partial charge < -0.3 is 10.6 Å². The minimum atomic E-state index is 0.0463. The van der Waals surface area contributed by atoms with Gasteiger partial charge in [0.05, 0.1) is 5.92 Å². The summed E-state index contributed by atoms with van der Waals surface area (Å²) in [6.07, 6.45) is 5.56. The van der Waals surface area contributed by atoms with Gasteiger partial charge in [0, 0.05) is 12.1 Å². The summed E-state index contributed by atoms with van der Waals surface area (Å²) in [4.78, 5) is 12.5. The van der Waals surface area contributed by atoms with E-state index in [9.17, 15) is 4.79 Å². The predicted molar refractivity (Wildman–Crippen MR) is 80.8 cm³/mol. The van der Waals surface area contributed by atoms with Gasteiger partial charge in [0.2, 0.25) is 5.91 Å². The van der Waals surface area contributed by atoms with Crippen LogP contribution in [0.5, 0.6) is 0 Å². The molecule has 20 heavy (non-hydrogen) atoms. The van der Waals surface area contributed by atoms with E-state index < -0.39 is 0 Å². The van der Waals surface area contributed by atoms with E-state index in [4.69, 9.17) is 0 Å². The molecule has 108 valence electrons. The van der Waals surface area contributed by atoms with Gasteiger partial charge in [-0.15, -0.1) is 0 Å². The Bertz CT molecular complexity index is 492. The topological polar surface area (TPSA) is 41.1 Å². The number of aryl methyl sites for hydroxylation is 1. The predicted octanol–water partition coefficient (Wildman–Crippen LogP) is 2.36. The van der Waals surface area contributed by atoms with Crippen molar-refractivity contribution in [2.75, 3.05) is 13.1 Å². The molecule has 2 unspecified atom stereocenters. The first-order valence-electron chi connectivity index (χ1n) is 7.78. The van der Waals surface area contributed by atoms with Crippen LogP contribution in [0.25, 0.3) is 0 Å². The molecule has 1 fully saturated rings. The number of nitrogens with one attached hydrogen (secondary N) is 2. The maximum absolute atomic E-state index is 12.5. The number of hydrogen-bond donors (Lipinski definition) is 2. The third-order valence-electron chi connectivity index (χ3n) is 4.80. The molecular weight excluding hydrogens is 248 g/mol. The number of rotatable bonds is 3. The van der Waals surface area contributed by atoms with Gasteiger partial charge in [-0.2, -0.15) is 0 Å². The smallest absolute Gasteiger partial charge is 0.227 e. The number of carbonyl (C=O) groups excluding carboxylic acids is 1. The molecule has 1 aliphatic heterocycles. The van der Waals surface area contributed by atoms with E-state index in [1.165, 1.54) is 17.5 Å². The maximum Gasteiger partial charge on any atom is 0.227 e. The Balaban J connectivity index is 1.66. The zero-order valence-corrected chi connectivity index (χ0v) is 12.2. The Labute approximate surface area is 121 Å². The van der Waals surface area contributed by atoms with Crippen LogP contribution in [0.1, 0.15) is 49.7 Å². The van der Waals surface area contributed by atoms with E-state index in [1.54, 1.807) is 0 Å². The number of hydrogen-bond acceptors (Lipinski definition) is 2. The summed E-state index contributed by atoms with van der Waals surface area (Å²) < 4.78 is 0. The van der Waals surface area contributed by atoms with Crippen LogP contribution in [0, 0.1) is 0 Å². The lowest BCUT2D eigenvalue weighted by atomic mass is 9.82. The molecule has 1 aromatic rings. The zero-order valence-electron chi connectivity index (χ0n) is 12.2. The first-order chi connectivity index (χ1) is 9.68. The number of amides is 1. The first-order valence-corrected chi connectivity index (χ1v) is 7.78. The number of carbonyl (C=O) groups is 1. The fourth-order valence-electron chi connectivity index (χ4n) is 3.54. The molecule has 0 aromatic heterocycles. The fraction of sp³-hybridized carbons (Fsp3) is 0.588. The van der Waals surface area contributed by atoms with Gasteiger partial charge in [-0.3, -0.25) is 4.79 Å². The highest BCUT2D eigenvalue weighted by molar-refractivity contribution is 5.84. The van der Waals surface area contributed by atoms with Crippen LogP contribution in [0.3, 0.4) is 0 Å². The van der Waals surface area contributed by atoms with Crippen LogP contribution in [-0.2, 0) is 11.2 Å². The molecule has 1 aromatic carbocycles. The van der Waals surface area contributed by atoms with Crippen molar-refractivity contribution < 1.29 is 4.79 Å². The fourth-order valence-corrected chi connectivity index (χ4v) is 3.54. The zero-order chi connectivity index (χ0) is 14.0. The van der Waals surface area contributed by atoms with Crippen molar-refractivity contribution in [3.63, 3.8) is 0 Å². The Morgan fingerprint density at radius 1 is 1.40 bits per heavy atom. The van der Waals surface area contributed by atoms with Crippen LogP contribution >= 0.6 is 0 Å². The highest BCUT2D eigenvalue weighted by atomic mass is 16.1. The second-order valence-corrected chi connectivity index (χ2v) is 6.45. The van der Waals surface area contributed by atoms with Crippen molar-refractivity contribution >= 4 is 5.91 Å². The van der Waals surface area contributed by atoms with Gasteiger partial charge in [0.1, 0.15) is 0 Å². The molecule has 1 aliphatic carbocycles.